The molecule has 0 saturated heterocycles. The number of benzene rings is 10. The van der Waals surface area contributed by atoms with E-state index >= 15 is 0 Å². The van der Waals surface area contributed by atoms with E-state index in [9.17, 15) is 0 Å². The third kappa shape index (κ3) is 6.10. The number of hydrogen-bond donors (Lipinski definition) is 0. The Hall–Kier alpha value is -8.20. The van der Waals surface area contributed by atoms with Crippen molar-refractivity contribution in [2.24, 2.45) is 0 Å². The smallest absolute Gasteiger partial charge is 0.136 e. The molecule has 0 spiro atoms. The first kappa shape index (κ1) is 36.6. The van der Waals surface area contributed by atoms with Crippen LogP contribution < -0.4 is 4.90 Å². The van der Waals surface area contributed by atoms with Crippen LogP contribution in [-0.4, -0.2) is 0 Å². The van der Waals surface area contributed by atoms with Crippen LogP contribution in [0, 0.1) is 0 Å². The van der Waals surface area contributed by atoms with Crippen LogP contribution in [0.25, 0.3) is 66.4 Å². The van der Waals surface area contributed by atoms with Gasteiger partial charge >= 0.3 is 0 Å². The molecular formula is C61H41NO. The molecule has 0 fully saturated rings. The minimum Gasteiger partial charge on any atom is -0.456 e. The lowest BCUT2D eigenvalue weighted by atomic mass is 9.68. The predicted molar refractivity (Wildman–Crippen MR) is 262 cm³/mol. The number of anilines is 3. The van der Waals surface area contributed by atoms with Crippen LogP contribution in [0.5, 0.6) is 0 Å². The topological polar surface area (TPSA) is 16.4 Å². The molecule has 11 aromatic rings. The maximum Gasteiger partial charge on any atom is 0.136 e. The molecule has 1 aliphatic carbocycles. The van der Waals surface area contributed by atoms with E-state index in [1.165, 1.54) is 55.6 Å². The van der Waals surface area contributed by atoms with Crippen molar-refractivity contribution >= 4 is 39.0 Å². The van der Waals surface area contributed by atoms with Gasteiger partial charge in [0.2, 0.25) is 0 Å². The first-order valence-corrected chi connectivity index (χ1v) is 21.7. The molecule has 0 bridgehead atoms. The molecule has 296 valence electrons. The standard InChI is InChI=1S/C61H41NO/c1-3-13-42(14-4-1)43-23-25-44(26-24-43)45-27-34-50(35-28-45)62(51-36-29-46(30-37-51)47-31-40-56-55-19-9-12-22-59(55)63-60(56)41-47)52-38-32-49(33-39-52)61(48-15-5-2-6-16-48)57-20-10-7-17-53(57)54-18-8-11-21-58(54)61/h1-41H. The second-order valence-electron chi connectivity index (χ2n) is 16.4. The van der Waals surface area contributed by atoms with Gasteiger partial charge in [-0.2, -0.15) is 0 Å². The Morgan fingerprint density at radius 1 is 0.286 bits per heavy atom. The summed E-state index contributed by atoms with van der Waals surface area (Å²) < 4.78 is 6.27. The average molecular weight is 804 g/mol. The summed E-state index contributed by atoms with van der Waals surface area (Å²) in [5, 5.41) is 2.28. The molecule has 1 aliphatic rings. The largest absolute Gasteiger partial charge is 0.456 e. The normalized spacial score (nSPS) is 12.6. The Balaban J connectivity index is 0.950. The monoisotopic (exact) mass is 803 g/mol. The minimum absolute atomic E-state index is 0.460. The molecule has 2 heteroatoms. The van der Waals surface area contributed by atoms with E-state index in [1.54, 1.807) is 0 Å². The van der Waals surface area contributed by atoms with Gasteiger partial charge < -0.3 is 9.32 Å². The molecule has 0 amide bonds. The number of nitrogens with zero attached hydrogens (tertiary/aromatic N) is 1. The number of hydrogen-bond acceptors (Lipinski definition) is 2. The third-order valence-corrected chi connectivity index (χ3v) is 13.0. The molecule has 1 aromatic heterocycles. The highest BCUT2D eigenvalue weighted by Crippen LogP contribution is 2.56. The highest BCUT2D eigenvalue weighted by atomic mass is 16.3. The lowest BCUT2D eigenvalue weighted by molar-refractivity contribution is 0.669. The molecule has 2 nitrogen and oxygen atoms in total. The Bertz CT molecular complexity index is 3360. The van der Waals surface area contributed by atoms with Crippen LogP contribution >= 0.6 is 0 Å². The predicted octanol–water partition coefficient (Wildman–Crippen LogP) is 16.4. The van der Waals surface area contributed by atoms with E-state index in [0.29, 0.717) is 0 Å². The van der Waals surface area contributed by atoms with Gasteiger partial charge in [-0.25, -0.2) is 0 Å². The number of rotatable bonds is 8. The van der Waals surface area contributed by atoms with Crippen molar-refractivity contribution < 1.29 is 4.42 Å². The van der Waals surface area contributed by atoms with Gasteiger partial charge in [0, 0.05) is 27.8 Å². The maximum absolute atomic E-state index is 6.27. The minimum atomic E-state index is -0.460. The Kier molecular flexibility index (Phi) is 8.76. The fraction of sp³-hybridized carbons (Fsp3) is 0.0164. The maximum atomic E-state index is 6.27. The zero-order chi connectivity index (χ0) is 41.7. The lowest BCUT2D eigenvalue weighted by Crippen LogP contribution is -2.28. The van der Waals surface area contributed by atoms with Gasteiger partial charge in [-0.3, -0.25) is 0 Å². The van der Waals surface area contributed by atoms with Gasteiger partial charge in [-0.15, -0.1) is 0 Å². The van der Waals surface area contributed by atoms with Gasteiger partial charge in [-0.1, -0.05) is 194 Å². The van der Waals surface area contributed by atoms with E-state index < -0.39 is 5.41 Å². The van der Waals surface area contributed by atoms with E-state index in [0.717, 1.165) is 50.1 Å². The molecule has 0 aliphatic heterocycles. The van der Waals surface area contributed by atoms with E-state index in [4.69, 9.17) is 4.42 Å². The molecule has 0 saturated carbocycles. The van der Waals surface area contributed by atoms with Crippen LogP contribution in [0.3, 0.4) is 0 Å². The van der Waals surface area contributed by atoms with Gasteiger partial charge in [0.05, 0.1) is 5.41 Å². The molecule has 12 rings (SSSR count). The number of furan rings is 1. The van der Waals surface area contributed by atoms with Crippen LogP contribution in [0.1, 0.15) is 22.3 Å². The van der Waals surface area contributed by atoms with E-state index in [-0.39, 0.29) is 0 Å². The Morgan fingerprint density at radius 3 is 1.27 bits per heavy atom. The van der Waals surface area contributed by atoms with Crippen LogP contribution in [0.15, 0.2) is 253 Å². The van der Waals surface area contributed by atoms with Crippen LogP contribution in [0.2, 0.25) is 0 Å². The van der Waals surface area contributed by atoms with Crippen molar-refractivity contribution in [2.75, 3.05) is 4.90 Å². The summed E-state index contributed by atoms with van der Waals surface area (Å²) in [5.41, 5.74) is 19.3. The van der Waals surface area contributed by atoms with E-state index in [1.807, 2.05) is 12.1 Å². The highest BCUT2D eigenvalue weighted by Gasteiger charge is 2.45. The second-order valence-corrected chi connectivity index (χ2v) is 16.4. The average Bonchev–Trinajstić information content (AvgIpc) is 3.89. The SMILES string of the molecule is c1ccc(-c2ccc(-c3ccc(N(c4ccc(-c5ccc6c(c5)oc5ccccc56)cc4)c4ccc(C5(c6ccccc6)c6ccccc6-c6ccccc65)cc4)cc3)cc2)cc1. The summed E-state index contributed by atoms with van der Waals surface area (Å²) in [4.78, 5) is 2.37. The second kappa shape index (κ2) is 15.1. The fourth-order valence-electron chi connectivity index (χ4n) is 10.0. The van der Waals surface area contributed by atoms with Crippen molar-refractivity contribution in [3.05, 3.63) is 271 Å². The summed E-state index contributed by atoms with van der Waals surface area (Å²) >= 11 is 0. The van der Waals surface area contributed by atoms with Gasteiger partial charge in [0.15, 0.2) is 0 Å². The number of para-hydroxylation sites is 1. The van der Waals surface area contributed by atoms with Gasteiger partial charge in [0.1, 0.15) is 11.2 Å². The summed E-state index contributed by atoms with van der Waals surface area (Å²) in [7, 11) is 0. The van der Waals surface area contributed by atoms with Crippen molar-refractivity contribution in [3.8, 4) is 44.5 Å². The van der Waals surface area contributed by atoms with Crippen LogP contribution in [-0.2, 0) is 5.41 Å². The van der Waals surface area contributed by atoms with Crippen molar-refractivity contribution in [1.29, 1.82) is 0 Å². The van der Waals surface area contributed by atoms with Crippen molar-refractivity contribution in [1.82, 2.24) is 0 Å². The first-order valence-electron chi connectivity index (χ1n) is 21.7. The summed E-state index contributed by atoms with van der Waals surface area (Å²) in [5.74, 6) is 0. The Labute approximate surface area is 367 Å². The zero-order valence-corrected chi connectivity index (χ0v) is 34.5. The highest BCUT2D eigenvalue weighted by molar-refractivity contribution is 6.06. The summed E-state index contributed by atoms with van der Waals surface area (Å²) in [6.45, 7) is 0. The lowest BCUT2D eigenvalue weighted by Gasteiger charge is -2.34. The molecule has 0 radical (unpaired) electrons. The molecule has 0 atom stereocenters. The van der Waals surface area contributed by atoms with Crippen molar-refractivity contribution in [2.45, 2.75) is 5.41 Å². The molecule has 0 unspecified atom stereocenters. The molecule has 1 heterocycles. The van der Waals surface area contributed by atoms with Gasteiger partial charge in [0.25, 0.3) is 0 Å². The molecule has 10 aromatic carbocycles. The molecule has 0 N–H and O–H groups in total. The zero-order valence-electron chi connectivity index (χ0n) is 34.5. The first-order chi connectivity index (χ1) is 31.2. The summed E-state index contributed by atoms with van der Waals surface area (Å²) in [6, 6.07) is 90.2. The van der Waals surface area contributed by atoms with Crippen molar-refractivity contribution in [3.63, 3.8) is 0 Å². The quantitative estimate of drug-likeness (QED) is 0.152. The third-order valence-electron chi connectivity index (χ3n) is 13.0. The van der Waals surface area contributed by atoms with E-state index in [2.05, 4.69) is 241 Å². The fourth-order valence-corrected chi connectivity index (χ4v) is 10.0. The number of fused-ring (bicyclic) bond motifs is 6. The molecular weight excluding hydrogens is 763 g/mol. The van der Waals surface area contributed by atoms with Crippen LogP contribution in [0.4, 0.5) is 17.1 Å². The Morgan fingerprint density at radius 2 is 0.683 bits per heavy atom. The summed E-state index contributed by atoms with van der Waals surface area (Å²) in [6.07, 6.45) is 0. The van der Waals surface area contributed by atoms with Gasteiger partial charge in [-0.05, 0) is 121 Å². The molecule has 63 heavy (non-hydrogen) atoms.